The fourth-order valence-corrected chi connectivity index (χ4v) is 4.31. The predicted octanol–water partition coefficient (Wildman–Crippen LogP) is 2.31. The zero-order chi connectivity index (χ0) is 22.1. The molecule has 1 fully saturated rings. The Bertz CT molecular complexity index is 1330. The second kappa shape index (κ2) is 8.41. The van der Waals surface area contributed by atoms with Crippen molar-refractivity contribution in [2.45, 2.75) is 19.4 Å². The van der Waals surface area contributed by atoms with Crippen molar-refractivity contribution in [2.24, 2.45) is 0 Å². The Hall–Kier alpha value is -3.75. The van der Waals surface area contributed by atoms with Gasteiger partial charge in [-0.25, -0.2) is 14.4 Å². The van der Waals surface area contributed by atoms with E-state index in [0.29, 0.717) is 62.5 Å². The van der Waals surface area contributed by atoms with Gasteiger partial charge in [-0.3, -0.25) is 9.59 Å². The summed E-state index contributed by atoms with van der Waals surface area (Å²) in [6.07, 6.45) is 6.05. The molecule has 0 N–H and O–H groups in total. The smallest absolute Gasteiger partial charge is 0.275 e. The molecule has 0 unspecified atom stereocenters. The molecule has 0 radical (unpaired) electrons. The SMILES string of the molecule is O=C(CCCn1c(=O)c2cccn2c2ccc(F)cc21)N1CCN(c2ncccn2)CC1. The van der Waals surface area contributed by atoms with E-state index < -0.39 is 5.82 Å². The molecule has 9 heteroatoms. The Morgan fingerprint density at radius 3 is 2.53 bits per heavy atom. The summed E-state index contributed by atoms with van der Waals surface area (Å²) in [4.78, 5) is 38.1. The van der Waals surface area contributed by atoms with Crippen LogP contribution in [-0.2, 0) is 11.3 Å². The molecule has 4 heterocycles. The van der Waals surface area contributed by atoms with Gasteiger partial charge in [-0.15, -0.1) is 0 Å². The van der Waals surface area contributed by atoms with Crippen LogP contribution in [0, 0.1) is 5.82 Å². The molecular weight excluding hydrogens is 411 g/mol. The zero-order valence-electron chi connectivity index (χ0n) is 17.5. The highest BCUT2D eigenvalue weighted by Gasteiger charge is 2.22. The summed E-state index contributed by atoms with van der Waals surface area (Å²) in [5.41, 5.74) is 1.64. The van der Waals surface area contributed by atoms with Gasteiger partial charge >= 0.3 is 0 Å². The van der Waals surface area contributed by atoms with Crippen molar-refractivity contribution in [1.29, 1.82) is 0 Å². The van der Waals surface area contributed by atoms with E-state index in [1.807, 2.05) is 4.90 Å². The third kappa shape index (κ3) is 3.70. The third-order valence-electron chi connectivity index (χ3n) is 5.94. The number of halogens is 1. The van der Waals surface area contributed by atoms with E-state index in [9.17, 15) is 14.0 Å². The van der Waals surface area contributed by atoms with Crippen LogP contribution in [-0.4, -0.2) is 55.9 Å². The number of anilines is 1. The van der Waals surface area contributed by atoms with E-state index in [1.165, 1.54) is 12.1 Å². The number of hydrogen-bond donors (Lipinski definition) is 0. The van der Waals surface area contributed by atoms with Crippen LogP contribution < -0.4 is 10.5 Å². The predicted molar refractivity (Wildman–Crippen MR) is 119 cm³/mol. The first-order chi connectivity index (χ1) is 15.6. The van der Waals surface area contributed by atoms with Crippen molar-refractivity contribution in [2.75, 3.05) is 31.1 Å². The number of benzene rings is 1. The van der Waals surface area contributed by atoms with Crippen molar-refractivity contribution in [3.05, 3.63) is 71.2 Å². The second-order valence-corrected chi connectivity index (χ2v) is 7.87. The van der Waals surface area contributed by atoms with Gasteiger partial charge in [0.1, 0.15) is 11.3 Å². The summed E-state index contributed by atoms with van der Waals surface area (Å²) in [5.74, 6) is 0.346. The number of carbonyl (C=O) groups excluding carboxylic acids is 1. The van der Waals surface area contributed by atoms with Crippen LogP contribution in [0.25, 0.3) is 16.6 Å². The Balaban J connectivity index is 1.26. The summed E-state index contributed by atoms with van der Waals surface area (Å²) in [5, 5.41) is 0. The molecule has 1 aromatic carbocycles. The Labute approximate surface area is 183 Å². The van der Waals surface area contributed by atoms with Crippen molar-refractivity contribution in [3.63, 3.8) is 0 Å². The lowest BCUT2D eigenvalue weighted by Gasteiger charge is -2.34. The standard InChI is InChI=1S/C23H23FN6O2/c24-17-6-7-18-20(16-17)30(22(32)19-4-1-10-29(18)19)11-2-5-21(31)27-12-14-28(15-13-27)23-25-8-3-9-26-23/h1,3-4,6-10,16H,2,5,11-15H2. The number of rotatable bonds is 5. The van der Waals surface area contributed by atoms with Crippen LogP contribution in [0.5, 0.6) is 0 Å². The minimum absolute atomic E-state index is 0.0610. The van der Waals surface area contributed by atoms with Crippen LogP contribution in [0.15, 0.2) is 59.8 Å². The van der Waals surface area contributed by atoms with Gasteiger partial charge in [0.05, 0.1) is 11.0 Å². The van der Waals surface area contributed by atoms with Gasteiger partial charge in [-0.05, 0) is 42.8 Å². The molecule has 0 atom stereocenters. The fourth-order valence-electron chi connectivity index (χ4n) is 4.31. The number of aromatic nitrogens is 4. The van der Waals surface area contributed by atoms with Gasteiger partial charge in [0.25, 0.3) is 5.56 Å². The largest absolute Gasteiger partial charge is 0.339 e. The summed E-state index contributed by atoms with van der Waals surface area (Å²) in [6.45, 7) is 2.95. The van der Waals surface area contributed by atoms with Gasteiger partial charge in [-0.1, -0.05) is 0 Å². The lowest BCUT2D eigenvalue weighted by molar-refractivity contribution is -0.131. The normalized spacial score (nSPS) is 14.4. The van der Waals surface area contributed by atoms with Crippen LogP contribution in [0.4, 0.5) is 10.3 Å². The minimum atomic E-state index is -0.395. The van der Waals surface area contributed by atoms with Crippen molar-refractivity contribution < 1.29 is 9.18 Å². The van der Waals surface area contributed by atoms with Crippen molar-refractivity contribution >= 4 is 28.4 Å². The fraction of sp³-hybridized carbons (Fsp3) is 0.304. The summed E-state index contributed by atoms with van der Waals surface area (Å²) in [7, 11) is 0. The van der Waals surface area contributed by atoms with Crippen molar-refractivity contribution in [3.8, 4) is 0 Å². The number of fused-ring (bicyclic) bond motifs is 3. The van der Waals surface area contributed by atoms with E-state index in [1.54, 1.807) is 51.8 Å². The highest BCUT2D eigenvalue weighted by atomic mass is 19.1. The number of nitrogens with zero attached hydrogens (tertiary/aromatic N) is 6. The molecule has 1 aliphatic heterocycles. The maximum absolute atomic E-state index is 13.9. The van der Waals surface area contributed by atoms with Crippen LogP contribution in [0.3, 0.4) is 0 Å². The highest BCUT2D eigenvalue weighted by molar-refractivity contribution is 5.79. The molecule has 8 nitrogen and oxygen atoms in total. The van der Waals surface area contributed by atoms with Gasteiger partial charge < -0.3 is 18.8 Å². The van der Waals surface area contributed by atoms with Crippen LogP contribution in [0.2, 0.25) is 0 Å². The Morgan fingerprint density at radius 2 is 1.75 bits per heavy atom. The van der Waals surface area contributed by atoms with E-state index in [4.69, 9.17) is 0 Å². The molecule has 1 aliphatic rings. The van der Waals surface area contributed by atoms with Gasteiger partial charge in [-0.2, -0.15) is 0 Å². The second-order valence-electron chi connectivity index (χ2n) is 7.87. The Morgan fingerprint density at radius 1 is 0.969 bits per heavy atom. The van der Waals surface area contributed by atoms with Crippen molar-refractivity contribution in [1.82, 2.24) is 23.8 Å². The molecule has 0 spiro atoms. The van der Waals surface area contributed by atoms with Gasteiger partial charge in [0, 0.05) is 57.7 Å². The molecule has 1 saturated heterocycles. The maximum Gasteiger partial charge on any atom is 0.275 e. The molecule has 0 bridgehead atoms. The number of amides is 1. The quantitative estimate of drug-likeness (QED) is 0.482. The first-order valence-corrected chi connectivity index (χ1v) is 10.7. The topological polar surface area (TPSA) is 75.7 Å². The summed E-state index contributed by atoms with van der Waals surface area (Å²) >= 11 is 0. The number of aryl methyl sites for hydroxylation is 1. The van der Waals surface area contributed by atoms with Gasteiger partial charge in [0.15, 0.2) is 0 Å². The third-order valence-corrected chi connectivity index (χ3v) is 5.94. The van der Waals surface area contributed by atoms with Crippen LogP contribution >= 0.6 is 0 Å². The lowest BCUT2D eigenvalue weighted by Crippen LogP contribution is -2.49. The maximum atomic E-state index is 13.9. The molecule has 1 amide bonds. The monoisotopic (exact) mass is 434 g/mol. The molecule has 4 aromatic rings. The average molecular weight is 434 g/mol. The molecular formula is C23H23FN6O2. The molecule has 0 saturated carbocycles. The number of piperazine rings is 1. The lowest BCUT2D eigenvalue weighted by atomic mass is 10.2. The van der Waals surface area contributed by atoms with Gasteiger partial charge in [0.2, 0.25) is 11.9 Å². The highest BCUT2D eigenvalue weighted by Crippen LogP contribution is 2.18. The summed E-state index contributed by atoms with van der Waals surface area (Å²) in [6, 6.07) is 9.77. The van der Waals surface area contributed by atoms with E-state index in [0.717, 1.165) is 5.52 Å². The molecule has 32 heavy (non-hydrogen) atoms. The molecule has 164 valence electrons. The summed E-state index contributed by atoms with van der Waals surface area (Å²) < 4.78 is 17.3. The zero-order valence-corrected chi connectivity index (χ0v) is 17.5. The molecule has 3 aromatic heterocycles. The molecule has 5 rings (SSSR count). The van der Waals surface area contributed by atoms with E-state index >= 15 is 0 Å². The van der Waals surface area contributed by atoms with E-state index in [-0.39, 0.29) is 11.5 Å². The Kier molecular flexibility index (Phi) is 5.30. The first kappa shape index (κ1) is 20.2. The number of hydrogen-bond acceptors (Lipinski definition) is 5. The molecule has 0 aliphatic carbocycles. The average Bonchev–Trinajstić information content (AvgIpc) is 3.32. The van der Waals surface area contributed by atoms with E-state index in [2.05, 4.69) is 14.9 Å². The minimum Gasteiger partial charge on any atom is -0.339 e. The van der Waals surface area contributed by atoms with Crippen LogP contribution in [0.1, 0.15) is 12.8 Å². The first-order valence-electron chi connectivity index (χ1n) is 10.7. The number of carbonyl (C=O) groups is 1.